The van der Waals surface area contributed by atoms with E-state index in [9.17, 15) is 5.11 Å². The molecule has 0 bridgehead atoms. The van der Waals surface area contributed by atoms with Crippen LogP contribution in [0, 0.1) is 0 Å². The molecule has 0 amide bonds. The minimum Gasteiger partial charge on any atom is -0.394 e. The van der Waals surface area contributed by atoms with E-state index in [2.05, 4.69) is 15.2 Å². The van der Waals surface area contributed by atoms with Gasteiger partial charge in [-0.3, -0.25) is 4.98 Å². The highest BCUT2D eigenvalue weighted by Crippen LogP contribution is 2.18. The standard InChI is InChI=1S/C12H21N3O/c1-12(10-16,14-8-9-15(2)3)11-4-6-13-7-5-11/h4-7,14,16H,8-10H2,1-3H3. The predicted octanol–water partition coefficient (Wildman–Crippen LogP) is 0.440. The van der Waals surface area contributed by atoms with Crippen molar-refractivity contribution in [2.24, 2.45) is 0 Å². The third kappa shape index (κ3) is 3.56. The quantitative estimate of drug-likeness (QED) is 0.735. The van der Waals surface area contributed by atoms with Gasteiger partial charge in [-0.25, -0.2) is 0 Å². The van der Waals surface area contributed by atoms with Gasteiger partial charge in [0.2, 0.25) is 0 Å². The number of pyridine rings is 1. The van der Waals surface area contributed by atoms with Crippen LogP contribution in [-0.4, -0.2) is 48.8 Å². The van der Waals surface area contributed by atoms with Crippen molar-refractivity contribution in [2.45, 2.75) is 12.5 Å². The van der Waals surface area contributed by atoms with E-state index in [1.807, 2.05) is 33.2 Å². The van der Waals surface area contributed by atoms with Gasteiger partial charge < -0.3 is 15.3 Å². The van der Waals surface area contributed by atoms with Crippen LogP contribution in [0.1, 0.15) is 12.5 Å². The molecule has 1 atom stereocenters. The van der Waals surface area contributed by atoms with Crippen LogP contribution in [-0.2, 0) is 5.54 Å². The van der Waals surface area contributed by atoms with Gasteiger partial charge in [0, 0.05) is 25.5 Å². The van der Waals surface area contributed by atoms with E-state index in [-0.39, 0.29) is 12.1 Å². The summed E-state index contributed by atoms with van der Waals surface area (Å²) >= 11 is 0. The lowest BCUT2D eigenvalue weighted by Crippen LogP contribution is -2.45. The highest BCUT2D eigenvalue weighted by molar-refractivity contribution is 5.20. The highest BCUT2D eigenvalue weighted by atomic mass is 16.3. The first-order chi connectivity index (χ1) is 7.58. The summed E-state index contributed by atoms with van der Waals surface area (Å²) in [5.41, 5.74) is 0.669. The van der Waals surface area contributed by atoms with E-state index < -0.39 is 0 Å². The summed E-state index contributed by atoms with van der Waals surface area (Å²) in [7, 11) is 4.06. The Balaban J connectivity index is 2.63. The van der Waals surface area contributed by atoms with Crippen LogP contribution in [0.2, 0.25) is 0 Å². The molecule has 0 radical (unpaired) electrons. The number of nitrogens with zero attached hydrogens (tertiary/aromatic N) is 2. The second-order valence-electron chi connectivity index (χ2n) is 4.46. The van der Waals surface area contributed by atoms with E-state index in [1.165, 1.54) is 0 Å². The number of hydrogen-bond acceptors (Lipinski definition) is 4. The van der Waals surface area contributed by atoms with Gasteiger partial charge in [0.1, 0.15) is 0 Å². The molecule has 1 aromatic rings. The van der Waals surface area contributed by atoms with Crippen molar-refractivity contribution in [1.29, 1.82) is 0 Å². The summed E-state index contributed by atoms with van der Waals surface area (Å²) in [6, 6.07) is 3.86. The average molecular weight is 223 g/mol. The first kappa shape index (κ1) is 13.1. The molecule has 1 heterocycles. The first-order valence-corrected chi connectivity index (χ1v) is 5.49. The van der Waals surface area contributed by atoms with E-state index in [4.69, 9.17) is 0 Å². The Morgan fingerprint density at radius 1 is 1.38 bits per heavy atom. The summed E-state index contributed by atoms with van der Waals surface area (Å²) in [6.45, 7) is 3.86. The fourth-order valence-corrected chi connectivity index (χ4v) is 1.52. The SMILES string of the molecule is CN(C)CCNC(C)(CO)c1ccncc1. The topological polar surface area (TPSA) is 48.4 Å². The summed E-state index contributed by atoms with van der Waals surface area (Å²) in [4.78, 5) is 6.09. The molecule has 1 aromatic heterocycles. The second-order valence-corrected chi connectivity index (χ2v) is 4.46. The van der Waals surface area contributed by atoms with Crippen molar-refractivity contribution in [3.8, 4) is 0 Å². The van der Waals surface area contributed by atoms with Crippen LogP contribution in [0.25, 0.3) is 0 Å². The molecule has 0 aliphatic carbocycles. The van der Waals surface area contributed by atoms with Crippen molar-refractivity contribution < 1.29 is 5.11 Å². The molecular formula is C12H21N3O. The number of aromatic nitrogens is 1. The number of hydrogen-bond donors (Lipinski definition) is 2. The van der Waals surface area contributed by atoms with Crippen molar-refractivity contribution in [3.05, 3.63) is 30.1 Å². The second kappa shape index (κ2) is 5.94. The Hall–Kier alpha value is -0.970. The van der Waals surface area contributed by atoms with Crippen molar-refractivity contribution in [3.63, 3.8) is 0 Å². The van der Waals surface area contributed by atoms with E-state index >= 15 is 0 Å². The van der Waals surface area contributed by atoms with Crippen LogP contribution in [0.3, 0.4) is 0 Å². The van der Waals surface area contributed by atoms with Gasteiger partial charge in [0.15, 0.2) is 0 Å². The van der Waals surface area contributed by atoms with Gasteiger partial charge in [0.25, 0.3) is 0 Å². The van der Waals surface area contributed by atoms with Gasteiger partial charge in [-0.15, -0.1) is 0 Å². The molecule has 4 heteroatoms. The summed E-state index contributed by atoms with van der Waals surface area (Å²) < 4.78 is 0. The Morgan fingerprint density at radius 3 is 2.50 bits per heavy atom. The zero-order valence-electron chi connectivity index (χ0n) is 10.3. The van der Waals surface area contributed by atoms with Crippen LogP contribution < -0.4 is 5.32 Å². The van der Waals surface area contributed by atoms with Crippen molar-refractivity contribution in [2.75, 3.05) is 33.8 Å². The van der Waals surface area contributed by atoms with Crippen molar-refractivity contribution in [1.82, 2.24) is 15.2 Å². The number of aliphatic hydroxyl groups excluding tert-OH is 1. The maximum Gasteiger partial charge on any atom is 0.0652 e. The number of aliphatic hydroxyl groups is 1. The molecule has 0 saturated carbocycles. The molecule has 0 aliphatic rings. The van der Waals surface area contributed by atoms with Crippen LogP contribution in [0.4, 0.5) is 0 Å². The maximum absolute atomic E-state index is 9.51. The lowest BCUT2D eigenvalue weighted by atomic mass is 9.94. The molecule has 90 valence electrons. The van der Waals surface area contributed by atoms with Crippen LogP contribution in [0.15, 0.2) is 24.5 Å². The highest BCUT2D eigenvalue weighted by Gasteiger charge is 2.24. The maximum atomic E-state index is 9.51. The van der Waals surface area contributed by atoms with E-state index in [0.717, 1.165) is 18.7 Å². The largest absolute Gasteiger partial charge is 0.394 e. The third-order valence-electron chi connectivity index (χ3n) is 2.71. The Morgan fingerprint density at radius 2 is 2.00 bits per heavy atom. The fourth-order valence-electron chi connectivity index (χ4n) is 1.52. The molecule has 1 rings (SSSR count). The van der Waals surface area contributed by atoms with Crippen molar-refractivity contribution >= 4 is 0 Å². The number of likely N-dealkylation sites (N-methyl/N-ethyl adjacent to an activating group) is 1. The Bertz CT molecular complexity index is 302. The lowest BCUT2D eigenvalue weighted by molar-refractivity contribution is 0.172. The minimum absolute atomic E-state index is 0.0739. The monoisotopic (exact) mass is 223 g/mol. The smallest absolute Gasteiger partial charge is 0.0652 e. The molecule has 16 heavy (non-hydrogen) atoms. The predicted molar refractivity (Wildman–Crippen MR) is 65.2 cm³/mol. The van der Waals surface area contributed by atoms with Gasteiger partial charge in [0.05, 0.1) is 12.1 Å². The number of rotatable bonds is 6. The summed E-state index contributed by atoms with van der Waals surface area (Å²) in [5, 5.41) is 12.9. The molecule has 4 nitrogen and oxygen atoms in total. The molecular weight excluding hydrogens is 202 g/mol. The third-order valence-corrected chi connectivity index (χ3v) is 2.71. The lowest BCUT2D eigenvalue weighted by Gasteiger charge is -2.30. The molecule has 0 aliphatic heterocycles. The minimum atomic E-state index is -0.390. The normalized spacial score (nSPS) is 15.1. The molecule has 0 spiro atoms. The molecule has 1 unspecified atom stereocenters. The van der Waals surface area contributed by atoms with E-state index in [1.54, 1.807) is 12.4 Å². The molecule has 0 fully saturated rings. The zero-order chi connectivity index (χ0) is 12.0. The van der Waals surface area contributed by atoms with Crippen LogP contribution in [0.5, 0.6) is 0 Å². The first-order valence-electron chi connectivity index (χ1n) is 5.49. The van der Waals surface area contributed by atoms with E-state index in [0.29, 0.717) is 0 Å². The van der Waals surface area contributed by atoms with Gasteiger partial charge in [-0.05, 0) is 38.7 Å². The summed E-state index contributed by atoms with van der Waals surface area (Å²) in [5.74, 6) is 0. The van der Waals surface area contributed by atoms with Gasteiger partial charge in [-0.2, -0.15) is 0 Å². The molecule has 0 saturated heterocycles. The Kier molecular flexibility index (Phi) is 4.86. The zero-order valence-corrected chi connectivity index (χ0v) is 10.3. The Labute approximate surface area is 97.3 Å². The molecule has 0 aromatic carbocycles. The van der Waals surface area contributed by atoms with Gasteiger partial charge >= 0.3 is 0 Å². The molecule has 2 N–H and O–H groups in total. The average Bonchev–Trinajstić information content (AvgIpc) is 2.29. The number of nitrogens with one attached hydrogen (secondary N) is 1. The van der Waals surface area contributed by atoms with Gasteiger partial charge in [-0.1, -0.05) is 0 Å². The fraction of sp³-hybridized carbons (Fsp3) is 0.583. The van der Waals surface area contributed by atoms with Crippen LogP contribution >= 0.6 is 0 Å². The summed E-state index contributed by atoms with van der Waals surface area (Å²) in [6.07, 6.45) is 3.49.